The molecular weight excluding hydrogens is 348 g/mol. The van der Waals surface area contributed by atoms with Gasteiger partial charge in [0.2, 0.25) is 0 Å². The van der Waals surface area contributed by atoms with Crippen LogP contribution in [0.5, 0.6) is 11.5 Å². The molecule has 134 valence electrons. The molecule has 0 bridgehead atoms. The maximum atomic E-state index is 12.8. The minimum atomic E-state index is -0.223. The first kappa shape index (κ1) is 17.9. The number of nitrogens with zero attached hydrogens (tertiary/aromatic N) is 1. The Hall–Kier alpha value is -2.86. The van der Waals surface area contributed by atoms with Crippen molar-refractivity contribution in [1.29, 1.82) is 0 Å². The van der Waals surface area contributed by atoms with Gasteiger partial charge in [-0.15, -0.1) is 0 Å². The highest BCUT2D eigenvalue weighted by atomic mass is 32.1. The van der Waals surface area contributed by atoms with Crippen LogP contribution in [-0.2, 0) is 4.79 Å². The normalized spacial score (nSPS) is 15.7. The Labute approximate surface area is 157 Å². The third-order valence-electron chi connectivity index (χ3n) is 4.21. The number of carbonyl (C=O) groups excluding carboxylic acids is 1. The molecule has 5 nitrogen and oxygen atoms in total. The lowest BCUT2D eigenvalue weighted by Gasteiger charge is -2.15. The van der Waals surface area contributed by atoms with Crippen LogP contribution in [0.3, 0.4) is 0 Å². The number of carbonyl (C=O) groups is 1. The number of ether oxygens (including phenoxy) is 1. The predicted octanol–water partition coefficient (Wildman–Crippen LogP) is 3.79. The van der Waals surface area contributed by atoms with E-state index in [2.05, 4.69) is 19.2 Å². The van der Waals surface area contributed by atoms with Gasteiger partial charge in [0.25, 0.3) is 5.91 Å². The molecule has 0 unspecified atom stereocenters. The molecule has 1 heterocycles. The standard InChI is InChI=1S/C20H20N2O3S/c1-12(2)14-5-7-15(8-6-14)22-19(24)16(21-20(22)26)10-13-4-9-17(23)18(11-13)25-3/h4-12,23H,1-3H3,(H,21,26). The highest BCUT2D eigenvalue weighted by Crippen LogP contribution is 2.29. The summed E-state index contributed by atoms with van der Waals surface area (Å²) < 4.78 is 5.10. The number of benzene rings is 2. The lowest BCUT2D eigenvalue weighted by atomic mass is 10.0. The number of aromatic hydroxyl groups is 1. The van der Waals surface area contributed by atoms with Gasteiger partial charge >= 0.3 is 0 Å². The summed E-state index contributed by atoms with van der Waals surface area (Å²) in [5.41, 5.74) is 3.01. The number of hydrogen-bond acceptors (Lipinski definition) is 4. The monoisotopic (exact) mass is 368 g/mol. The zero-order valence-corrected chi connectivity index (χ0v) is 15.6. The number of rotatable bonds is 4. The van der Waals surface area contributed by atoms with Gasteiger partial charge < -0.3 is 15.2 Å². The fourth-order valence-corrected chi connectivity index (χ4v) is 3.03. The van der Waals surface area contributed by atoms with Crippen molar-refractivity contribution in [2.75, 3.05) is 12.0 Å². The highest BCUT2D eigenvalue weighted by Gasteiger charge is 2.31. The van der Waals surface area contributed by atoms with Crippen LogP contribution in [-0.4, -0.2) is 23.2 Å². The van der Waals surface area contributed by atoms with E-state index in [0.717, 1.165) is 11.3 Å². The lowest BCUT2D eigenvalue weighted by Crippen LogP contribution is -2.30. The minimum absolute atomic E-state index is 0.0442. The van der Waals surface area contributed by atoms with Crippen molar-refractivity contribution >= 4 is 35.0 Å². The van der Waals surface area contributed by atoms with Crippen LogP contribution in [0.4, 0.5) is 5.69 Å². The molecule has 2 aromatic rings. The van der Waals surface area contributed by atoms with E-state index in [-0.39, 0.29) is 11.7 Å². The van der Waals surface area contributed by atoms with Crippen molar-refractivity contribution in [3.8, 4) is 11.5 Å². The third-order valence-corrected chi connectivity index (χ3v) is 4.50. The van der Waals surface area contributed by atoms with Gasteiger partial charge in [0, 0.05) is 0 Å². The van der Waals surface area contributed by atoms with Crippen molar-refractivity contribution in [3.05, 3.63) is 59.3 Å². The number of nitrogens with one attached hydrogen (secondary N) is 1. The maximum Gasteiger partial charge on any atom is 0.281 e. The van der Waals surface area contributed by atoms with Gasteiger partial charge in [-0.2, -0.15) is 0 Å². The molecule has 1 aliphatic rings. The topological polar surface area (TPSA) is 61.8 Å². The average Bonchev–Trinajstić information content (AvgIpc) is 2.90. The Morgan fingerprint density at radius 3 is 2.50 bits per heavy atom. The number of methoxy groups -OCH3 is 1. The number of phenols is 1. The zero-order valence-electron chi connectivity index (χ0n) is 14.8. The minimum Gasteiger partial charge on any atom is -0.504 e. The van der Waals surface area contributed by atoms with Gasteiger partial charge in [-0.1, -0.05) is 32.0 Å². The molecule has 26 heavy (non-hydrogen) atoms. The molecule has 1 amide bonds. The molecule has 0 saturated carbocycles. The van der Waals surface area contributed by atoms with Crippen LogP contribution < -0.4 is 15.0 Å². The summed E-state index contributed by atoms with van der Waals surface area (Å²) in [6, 6.07) is 12.7. The Morgan fingerprint density at radius 1 is 1.19 bits per heavy atom. The molecule has 1 aliphatic heterocycles. The third kappa shape index (κ3) is 3.41. The second-order valence-electron chi connectivity index (χ2n) is 6.31. The van der Waals surface area contributed by atoms with E-state index >= 15 is 0 Å². The van der Waals surface area contributed by atoms with Gasteiger partial charge in [0.05, 0.1) is 12.8 Å². The van der Waals surface area contributed by atoms with Crippen LogP contribution in [0.2, 0.25) is 0 Å². The highest BCUT2D eigenvalue weighted by molar-refractivity contribution is 7.80. The molecule has 0 aliphatic carbocycles. The molecule has 3 rings (SSSR count). The van der Waals surface area contributed by atoms with Crippen molar-refractivity contribution in [3.63, 3.8) is 0 Å². The van der Waals surface area contributed by atoms with Crippen molar-refractivity contribution in [2.45, 2.75) is 19.8 Å². The molecule has 1 saturated heterocycles. The summed E-state index contributed by atoms with van der Waals surface area (Å²) in [6.45, 7) is 4.24. The first-order valence-electron chi connectivity index (χ1n) is 8.25. The molecule has 6 heteroatoms. The molecule has 0 spiro atoms. The van der Waals surface area contributed by atoms with E-state index in [1.807, 2.05) is 24.3 Å². The van der Waals surface area contributed by atoms with E-state index in [1.165, 1.54) is 23.6 Å². The first-order valence-corrected chi connectivity index (χ1v) is 8.65. The predicted molar refractivity (Wildman–Crippen MR) is 106 cm³/mol. The second kappa shape index (κ2) is 7.17. The summed E-state index contributed by atoms with van der Waals surface area (Å²) in [5, 5.41) is 13.0. The van der Waals surface area contributed by atoms with Gasteiger partial charge in [0.15, 0.2) is 16.6 Å². The fraction of sp³-hybridized carbons (Fsp3) is 0.200. The summed E-state index contributed by atoms with van der Waals surface area (Å²) >= 11 is 5.34. The Bertz CT molecular complexity index is 888. The molecule has 0 aromatic heterocycles. The first-order chi connectivity index (χ1) is 12.4. The van der Waals surface area contributed by atoms with E-state index in [1.54, 1.807) is 18.2 Å². The Kier molecular flexibility index (Phi) is 4.95. The number of thiocarbonyl (C=S) groups is 1. The fourth-order valence-electron chi connectivity index (χ4n) is 2.73. The smallest absolute Gasteiger partial charge is 0.281 e. The van der Waals surface area contributed by atoms with Gasteiger partial charge in [-0.05, 0) is 59.6 Å². The lowest BCUT2D eigenvalue weighted by molar-refractivity contribution is -0.113. The summed E-state index contributed by atoms with van der Waals surface area (Å²) in [6.07, 6.45) is 1.68. The van der Waals surface area contributed by atoms with Gasteiger partial charge in [-0.3, -0.25) is 9.69 Å². The Morgan fingerprint density at radius 2 is 1.88 bits per heavy atom. The largest absolute Gasteiger partial charge is 0.504 e. The van der Waals surface area contributed by atoms with E-state index < -0.39 is 0 Å². The zero-order chi connectivity index (χ0) is 18.8. The van der Waals surface area contributed by atoms with Crippen molar-refractivity contribution < 1.29 is 14.6 Å². The number of anilines is 1. The summed E-state index contributed by atoms with van der Waals surface area (Å²) in [5.74, 6) is 0.582. The SMILES string of the molecule is COc1cc(C=C2NC(=S)N(c3ccc(C(C)C)cc3)C2=O)ccc1O. The molecule has 1 fully saturated rings. The van der Waals surface area contributed by atoms with E-state index in [0.29, 0.717) is 22.5 Å². The summed E-state index contributed by atoms with van der Waals surface area (Å²) in [4.78, 5) is 14.3. The van der Waals surface area contributed by atoms with Crippen LogP contribution >= 0.6 is 12.2 Å². The average molecular weight is 368 g/mol. The van der Waals surface area contributed by atoms with E-state index in [4.69, 9.17) is 17.0 Å². The number of amides is 1. The van der Waals surface area contributed by atoms with Crippen LogP contribution in [0.15, 0.2) is 48.2 Å². The van der Waals surface area contributed by atoms with Crippen molar-refractivity contribution in [1.82, 2.24) is 5.32 Å². The van der Waals surface area contributed by atoms with Gasteiger partial charge in [0.1, 0.15) is 5.70 Å². The molecular formula is C20H20N2O3S. The Balaban J connectivity index is 1.89. The quantitative estimate of drug-likeness (QED) is 0.635. The van der Waals surface area contributed by atoms with Crippen LogP contribution in [0, 0.1) is 0 Å². The second-order valence-corrected chi connectivity index (χ2v) is 6.69. The molecule has 2 aromatic carbocycles. The summed E-state index contributed by atoms with van der Waals surface area (Å²) in [7, 11) is 1.47. The molecule has 0 atom stereocenters. The van der Waals surface area contributed by atoms with Crippen LogP contribution in [0.1, 0.15) is 30.9 Å². The van der Waals surface area contributed by atoms with Crippen LogP contribution in [0.25, 0.3) is 6.08 Å². The number of hydrogen-bond donors (Lipinski definition) is 2. The van der Waals surface area contributed by atoms with E-state index in [9.17, 15) is 9.90 Å². The molecule has 0 radical (unpaired) electrons. The van der Waals surface area contributed by atoms with Crippen molar-refractivity contribution in [2.24, 2.45) is 0 Å². The maximum absolute atomic E-state index is 12.8. The molecule has 2 N–H and O–H groups in total. The van der Waals surface area contributed by atoms with Gasteiger partial charge in [-0.25, -0.2) is 0 Å². The number of phenolic OH excluding ortho intramolecular Hbond substituents is 1.